The number of esters is 1. The Morgan fingerprint density at radius 3 is 2.88 bits per heavy atom. The number of ether oxygens (including phenoxy) is 1. The molecule has 0 bridgehead atoms. The molecule has 0 aromatic heterocycles. The second kappa shape index (κ2) is 6.69. The minimum Gasteiger partial charge on any atom is -0.463 e. The summed E-state index contributed by atoms with van der Waals surface area (Å²) >= 11 is 0. The minimum atomic E-state index is -0.249. The minimum absolute atomic E-state index is 0.249. The van der Waals surface area contributed by atoms with Crippen LogP contribution in [-0.4, -0.2) is 37.1 Å². The second-order valence-corrected chi connectivity index (χ2v) is 4.48. The number of hydrogen-bond donors (Lipinski definition) is 0. The van der Waals surface area contributed by atoms with E-state index in [4.69, 9.17) is 4.74 Å². The Bertz CT molecular complexity index is 250. The highest BCUT2D eigenvalue weighted by molar-refractivity contribution is 5.88. The maximum absolute atomic E-state index is 11.4. The van der Waals surface area contributed by atoms with Crippen molar-refractivity contribution in [3.63, 3.8) is 0 Å². The largest absolute Gasteiger partial charge is 0.463 e. The Labute approximate surface area is 98.5 Å². The molecule has 1 aliphatic heterocycles. The average Bonchev–Trinajstić information content (AvgIpc) is 2.29. The van der Waals surface area contributed by atoms with Gasteiger partial charge in [-0.05, 0) is 32.2 Å². The first-order valence-electron chi connectivity index (χ1n) is 6.24. The molecule has 0 aliphatic carbocycles. The van der Waals surface area contributed by atoms with Crippen LogP contribution in [0.1, 0.15) is 33.1 Å². The van der Waals surface area contributed by atoms with Crippen LogP contribution in [0, 0.1) is 5.92 Å². The SMILES string of the molecule is C=C(CN1CCCC(CC)C1)C(=O)OCC. The number of rotatable bonds is 5. The number of carbonyl (C=O) groups is 1. The van der Waals surface area contributed by atoms with Crippen molar-refractivity contribution < 1.29 is 9.53 Å². The maximum Gasteiger partial charge on any atom is 0.334 e. The molecule has 0 aromatic rings. The van der Waals surface area contributed by atoms with E-state index < -0.39 is 0 Å². The monoisotopic (exact) mass is 225 g/mol. The molecular formula is C13H23NO2. The van der Waals surface area contributed by atoms with Gasteiger partial charge in [-0.15, -0.1) is 0 Å². The molecule has 1 aliphatic rings. The van der Waals surface area contributed by atoms with Gasteiger partial charge in [-0.25, -0.2) is 4.79 Å². The average molecular weight is 225 g/mol. The predicted molar refractivity (Wildman–Crippen MR) is 65.2 cm³/mol. The molecule has 16 heavy (non-hydrogen) atoms. The van der Waals surface area contributed by atoms with Crippen molar-refractivity contribution in [3.8, 4) is 0 Å². The van der Waals surface area contributed by atoms with Crippen LogP contribution in [0.15, 0.2) is 12.2 Å². The molecule has 92 valence electrons. The summed E-state index contributed by atoms with van der Waals surface area (Å²) in [6.45, 7) is 11.1. The fourth-order valence-electron chi connectivity index (χ4n) is 2.20. The first-order valence-corrected chi connectivity index (χ1v) is 6.24. The third kappa shape index (κ3) is 3.97. The molecule has 0 amide bonds. The first kappa shape index (κ1) is 13.2. The molecule has 1 rings (SSSR count). The summed E-state index contributed by atoms with van der Waals surface area (Å²) in [4.78, 5) is 13.7. The van der Waals surface area contributed by atoms with Gasteiger partial charge in [0, 0.05) is 18.7 Å². The standard InChI is InChI=1S/C13H23NO2/c1-4-12-7-6-8-14(10-12)9-11(3)13(15)16-5-2/h12H,3-10H2,1-2H3. The van der Waals surface area contributed by atoms with Crippen LogP contribution < -0.4 is 0 Å². The van der Waals surface area contributed by atoms with Gasteiger partial charge in [-0.1, -0.05) is 19.9 Å². The maximum atomic E-state index is 11.4. The van der Waals surface area contributed by atoms with Crippen LogP contribution in [-0.2, 0) is 9.53 Å². The van der Waals surface area contributed by atoms with Crippen LogP contribution in [0.25, 0.3) is 0 Å². The zero-order valence-corrected chi connectivity index (χ0v) is 10.5. The van der Waals surface area contributed by atoms with Gasteiger partial charge in [0.15, 0.2) is 0 Å². The lowest BCUT2D eigenvalue weighted by molar-refractivity contribution is -0.138. The normalized spacial score (nSPS) is 21.8. The van der Waals surface area contributed by atoms with E-state index in [0.717, 1.165) is 19.0 Å². The van der Waals surface area contributed by atoms with E-state index in [-0.39, 0.29) is 5.97 Å². The number of nitrogens with zero attached hydrogens (tertiary/aromatic N) is 1. The van der Waals surface area contributed by atoms with Crippen molar-refractivity contribution in [2.24, 2.45) is 5.92 Å². The van der Waals surface area contributed by atoms with Gasteiger partial charge in [0.25, 0.3) is 0 Å². The van der Waals surface area contributed by atoms with Crippen molar-refractivity contribution in [3.05, 3.63) is 12.2 Å². The van der Waals surface area contributed by atoms with Crippen molar-refractivity contribution in [1.82, 2.24) is 4.90 Å². The van der Waals surface area contributed by atoms with Crippen LogP contribution in [0.4, 0.5) is 0 Å². The Morgan fingerprint density at radius 2 is 2.25 bits per heavy atom. The van der Waals surface area contributed by atoms with Gasteiger partial charge in [0.2, 0.25) is 0 Å². The molecule has 0 saturated carbocycles. The van der Waals surface area contributed by atoms with Gasteiger partial charge in [-0.2, -0.15) is 0 Å². The van der Waals surface area contributed by atoms with E-state index in [1.165, 1.54) is 19.3 Å². The zero-order valence-electron chi connectivity index (χ0n) is 10.5. The van der Waals surface area contributed by atoms with E-state index in [1.54, 1.807) is 0 Å². The molecule has 3 heteroatoms. The van der Waals surface area contributed by atoms with E-state index in [2.05, 4.69) is 18.4 Å². The Kier molecular flexibility index (Phi) is 5.53. The molecule has 1 unspecified atom stereocenters. The van der Waals surface area contributed by atoms with E-state index in [9.17, 15) is 4.79 Å². The lowest BCUT2D eigenvalue weighted by atomic mass is 9.95. The highest BCUT2D eigenvalue weighted by Crippen LogP contribution is 2.19. The molecule has 1 atom stereocenters. The highest BCUT2D eigenvalue weighted by Gasteiger charge is 2.20. The van der Waals surface area contributed by atoms with Crippen LogP contribution >= 0.6 is 0 Å². The third-order valence-electron chi connectivity index (χ3n) is 3.16. The molecular weight excluding hydrogens is 202 g/mol. The van der Waals surface area contributed by atoms with Crippen molar-refractivity contribution in [2.45, 2.75) is 33.1 Å². The van der Waals surface area contributed by atoms with E-state index in [1.807, 2.05) is 6.92 Å². The summed E-state index contributed by atoms with van der Waals surface area (Å²) in [6.07, 6.45) is 3.77. The van der Waals surface area contributed by atoms with Gasteiger partial charge in [-0.3, -0.25) is 4.90 Å². The quantitative estimate of drug-likeness (QED) is 0.531. The van der Waals surface area contributed by atoms with Gasteiger partial charge >= 0.3 is 5.97 Å². The molecule has 3 nitrogen and oxygen atoms in total. The van der Waals surface area contributed by atoms with Gasteiger partial charge in [0.1, 0.15) is 0 Å². The van der Waals surface area contributed by atoms with Crippen LogP contribution in [0.5, 0.6) is 0 Å². The number of likely N-dealkylation sites (tertiary alicyclic amines) is 1. The summed E-state index contributed by atoms with van der Waals surface area (Å²) < 4.78 is 4.93. The van der Waals surface area contributed by atoms with E-state index >= 15 is 0 Å². The molecule has 0 spiro atoms. The predicted octanol–water partition coefficient (Wildman–Crippen LogP) is 2.23. The Morgan fingerprint density at radius 1 is 1.50 bits per heavy atom. The molecule has 1 fully saturated rings. The summed E-state index contributed by atoms with van der Waals surface area (Å²) in [5.41, 5.74) is 0.582. The van der Waals surface area contributed by atoms with Crippen LogP contribution in [0.3, 0.4) is 0 Å². The van der Waals surface area contributed by atoms with Crippen LogP contribution in [0.2, 0.25) is 0 Å². The lowest BCUT2D eigenvalue weighted by Crippen LogP contribution is -2.37. The molecule has 1 saturated heterocycles. The van der Waals surface area contributed by atoms with Crippen molar-refractivity contribution in [2.75, 3.05) is 26.2 Å². The highest BCUT2D eigenvalue weighted by atomic mass is 16.5. The topological polar surface area (TPSA) is 29.5 Å². The Balaban J connectivity index is 2.35. The fraction of sp³-hybridized carbons (Fsp3) is 0.769. The van der Waals surface area contributed by atoms with Crippen molar-refractivity contribution in [1.29, 1.82) is 0 Å². The summed E-state index contributed by atoms with van der Waals surface area (Å²) in [6, 6.07) is 0. The summed E-state index contributed by atoms with van der Waals surface area (Å²) in [7, 11) is 0. The van der Waals surface area contributed by atoms with Gasteiger partial charge in [0.05, 0.1) is 6.61 Å². The summed E-state index contributed by atoms with van der Waals surface area (Å²) in [5.74, 6) is 0.532. The summed E-state index contributed by atoms with van der Waals surface area (Å²) in [5, 5.41) is 0. The Hall–Kier alpha value is -0.830. The van der Waals surface area contributed by atoms with Crippen molar-refractivity contribution >= 4 is 5.97 Å². The number of carbonyl (C=O) groups excluding carboxylic acids is 1. The van der Waals surface area contributed by atoms with E-state index in [0.29, 0.717) is 18.7 Å². The third-order valence-corrected chi connectivity index (χ3v) is 3.16. The first-order chi connectivity index (χ1) is 7.67. The molecule has 1 heterocycles. The smallest absolute Gasteiger partial charge is 0.334 e. The number of hydrogen-bond acceptors (Lipinski definition) is 3. The number of piperidine rings is 1. The second-order valence-electron chi connectivity index (χ2n) is 4.48. The molecule has 0 N–H and O–H groups in total. The van der Waals surface area contributed by atoms with Gasteiger partial charge < -0.3 is 4.74 Å². The lowest BCUT2D eigenvalue weighted by Gasteiger charge is -2.32. The fourth-order valence-corrected chi connectivity index (χ4v) is 2.20. The zero-order chi connectivity index (χ0) is 12.0. The molecule has 0 radical (unpaired) electrons. The molecule has 0 aromatic carbocycles.